The molecule has 0 aliphatic heterocycles. The number of fused-ring (bicyclic) bond motifs is 1. The number of rotatable bonds is 5. The first-order valence-electron chi connectivity index (χ1n) is 7.78. The third kappa shape index (κ3) is 3.52. The van der Waals surface area contributed by atoms with Crippen LogP contribution < -0.4 is 4.31 Å². The van der Waals surface area contributed by atoms with Crippen LogP contribution in [0, 0.1) is 6.92 Å². The number of benzene rings is 3. The molecule has 134 valence electrons. The molecule has 0 fully saturated rings. The molecule has 3 aromatic carbocycles. The molecule has 0 saturated carbocycles. The number of sulfonamides is 1. The summed E-state index contributed by atoms with van der Waals surface area (Å²) in [5.41, 5.74) is 0.855. The van der Waals surface area contributed by atoms with Crippen LogP contribution in [0.3, 0.4) is 0 Å². The van der Waals surface area contributed by atoms with E-state index in [1.165, 1.54) is 12.1 Å². The number of aryl methyl sites for hydroxylation is 1. The van der Waals surface area contributed by atoms with E-state index >= 15 is 0 Å². The van der Waals surface area contributed by atoms with E-state index in [1.807, 2.05) is 18.2 Å². The standard InChI is InChI=1S/C19H16ClNO4S/c1-13-6-8-16(20)11-18(13)21(12-19(22)23)26(24,25)17-9-7-14-4-2-3-5-15(14)10-17/h2-11H,12H2,1H3,(H,22,23). The molecule has 1 N–H and O–H groups in total. The second-order valence-electron chi connectivity index (χ2n) is 5.85. The van der Waals surface area contributed by atoms with E-state index in [9.17, 15) is 18.3 Å². The predicted octanol–water partition coefficient (Wildman–Crippen LogP) is 4.08. The van der Waals surface area contributed by atoms with Crippen LogP contribution in [0.15, 0.2) is 65.6 Å². The molecule has 0 saturated heterocycles. The van der Waals surface area contributed by atoms with Crippen molar-refractivity contribution in [2.45, 2.75) is 11.8 Å². The van der Waals surface area contributed by atoms with Crippen molar-refractivity contribution >= 4 is 44.1 Å². The van der Waals surface area contributed by atoms with Gasteiger partial charge >= 0.3 is 5.97 Å². The van der Waals surface area contributed by atoms with Gasteiger partial charge in [-0.05, 0) is 47.5 Å². The highest BCUT2D eigenvalue weighted by atomic mass is 35.5. The molecule has 26 heavy (non-hydrogen) atoms. The van der Waals surface area contributed by atoms with E-state index in [0.29, 0.717) is 10.6 Å². The highest BCUT2D eigenvalue weighted by Crippen LogP contribution is 2.30. The topological polar surface area (TPSA) is 74.7 Å². The van der Waals surface area contributed by atoms with E-state index in [1.54, 1.807) is 37.3 Å². The number of nitrogens with zero attached hydrogens (tertiary/aromatic N) is 1. The maximum atomic E-state index is 13.2. The summed E-state index contributed by atoms with van der Waals surface area (Å²) in [5.74, 6) is -1.26. The summed E-state index contributed by atoms with van der Waals surface area (Å²) >= 11 is 6.00. The quantitative estimate of drug-likeness (QED) is 0.713. The minimum atomic E-state index is -4.09. The number of hydrogen-bond donors (Lipinski definition) is 1. The SMILES string of the molecule is Cc1ccc(Cl)cc1N(CC(=O)O)S(=O)(=O)c1ccc2ccccc2c1. The molecule has 0 atom stereocenters. The number of anilines is 1. The van der Waals surface area contributed by atoms with Gasteiger partial charge in [0.25, 0.3) is 10.0 Å². The molecule has 0 amide bonds. The lowest BCUT2D eigenvalue weighted by Gasteiger charge is -2.24. The fourth-order valence-corrected chi connectivity index (χ4v) is 4.40. The minimum Gasteiger partial charge on any atom is -0.480 e. The zero-order valence-corrected chi connectivity index (χ0v) is 15.5. The Labute approximate surface area is 156 Å². The minimum absolute atomic E-state index is 0.0248. The summed E-state index contributed by atoms with van der Waals surface area (Å²) in [4.78, 5) is 11.4. The zero-order valence-electron chi connectivity index (χ0n) is 13.9. The molecule has 0 radical (unpaired) electrons. The molecule has 0 heterocycles. The van der Waals surface area contributed by atoms with Gasteiger partial charge in [-0.1, -0.05) is 48.0 Å². The van der Waals surface area contributed by atoms with E-state index in [-0.39, 0.29) is 10.6 Å². The molecule has 7 heteroatoms. The van der Waals surface area contributed by atoms with Crippen molar-refractivity contribution in [2.75, 3.05) is 10.8 Å². The van der Waals surface area contributed by atoms with Gasteiger partial charge in [0, 0.05) is 5.02 Å². The van der Waals surface area contributed by atoms with Crippen LogP contribution in [-0.2, 0) is 14.8 Å². The van der Waals surface area contributed by atoms with Crippen molar-refractivity contribution in [3.8, 4) is 0 Å². The molecule has 0 unspecified atom stereocenters. The Bertz CT molecular complexity index is 1100. The largest absolute Gasteiger partial charge is 0.480 e. The lowest BCUT2D eigenvalue weighted by molar-refractivity contribution is -0.135. The van der Waals surface area contributed by atoms with Gasteiger partial charge in [0.05, 0.1) is 10.6 Å². The Morgan fingerprint density at radius 1 is 1.04 bits per heavy atom. The summed E-state index contributed by atoms with van der Waals surface area (Å²) in [6.45, 7) is 1.01. The Hall–Kier alpha value is -2.57. The van der Waals surface area contributed by atoms with E-state index in [4.69, 9.17) is 11.6 Å². The van der Waals surface area contributed by atoms with E-state index in [2.05, 4.69) is 0 Å². The number of aliphatic carboxylic acids is 1. The van der Waals surface area contributed by atoms with Crippen molar-refractivity contribution in [1.29, 1.82) is 0 Å². The molecule has 3 aromatic rings. The molecular weight excluding hydrogens is 374 g/mol. The van der Waals surface area contributed by atoms with Crippen LogP contribution in [0.4, 0.5) is 5.69 Å². The van der Waals surface area contributed by atoms with E-state index < -0.39 is 22.5 Å². The van der Waals surface area contributed by atoms with Gasteiger partial charge < -0.3 is 5.11 Å². The Balaban J connectivity index is 2.17. The van der Waals surface area contributed by atoms with Crippen LogP contribution in [0.5, 0.6) is 0 Å². The van der Waals surface area contributed by atoms with Gasteiger partial charge in [-0.25, -0.2) is 8.42 Å². The number of carbonyl (C=O) groups is 1. The van der Waals surface area contributed by atoms with Crippen molar-refractivity contribution in [2.24, 2.45) is 0 Å². The van der Waals surface area contributed by atoms with Crippen LogP contribution >= 0.6 is 11.6 Å². The number of carboxylic acid groups (broad SMARTS) is 1. The maximum Gasteiger partial charge on any atom is 0.324 e. The van der Waals surface area contributed by atoms with Crippen molar-refractivity contribution in [3.05, 3.63) is 71.2 Å². The lowest BCUT2D eigenvalue weighted by Crippen LogP contribution is -2.36. The first kappa shape index (κ1) is 18.2. The number of halogens is 1. The predicted molar refractivity (Wildman–Crippen MR) is 102 cm³/mol. The summed E-state index contributed by atoms with van der Waals surface area (Å²) in [6.07, 6.45) is 0. The first-order chi connectivity index (χ1) is 12.3. The Morgan fingerprint density at radius 3 is 2.42 bits per heavy atom. The summed E-state index contributed by atoms with van der Waals surface area (Å²) in [5, 5.41) is 11.2. The molecule has 0 spiro atoms. The Morgan fingerprint density at radius 2 is 1.73 bits per heavy atom. The molecule has 0 bridgehead atoms. The van der Waals surface area contributed by atoms with Gasteiger partial charge in [0.15, 0.2) is 0 Å². The second kappa shape index (κ2) is 6.97. The highest BCUT2D eigenvalue weighted by molar-refractivity contribution is 7.92. The number of hydrogen-bond acceptors (Lipinski definition) is 3. The molecule has 5 nitrogen and oxygen atoms in total. The molecule has 0 aliphatic rings. The smallest absolute Gasteiger partial charge is 0.324 e. The van der Waals surface area contributed by atoms with Gasteiger partial charge in [0.2, 0.25) is 0 Å². The molecule has 0 aromatic heterocycles. The monoisotopic (exact) mass is 389 g/mol. The van der Waals surface area contributed by atoms with Crippen LogP contribution in [0.1, 0.15) is 5.56 Å². The fourth-order valence-electron chi connectivity index (χ4n) is 2.73. The average Bonchev–Trinajstić information content (AvgIpc) is 2.61. The zero-order chi connectivity index (χ0) is 18.9. The van der Waals surface area contributed by atoms with Crippen molar-refractivity contribution < 1.29 is 18.3 Å². The highest BCUT2D eigenvalue weighted by Gasteiger charge is 2.28. The van der Waals surface area contributed by atoms with Gasteiger partial charge in [0.1, 0.15) is 6.54 Å². The van der Waals surface area contributed by atoms with Crippen molar-refractivity contribution in [1.82, 2.24) is 0 Å². The van der Waals surface area contributed by atoms with Gasteiger partial charge in [-0.2, -0.15) is 0 Å². The van der Waals surface area contributed by atoms with Crippen LogP contribution in [-0.4, -0.2) is 26.0 Å². The molecular formula is C19H16ClNO4S. The summed E-state index contributed by atoms with van der Waals surface area (Å²) in [6, 6.07) is 16.8. The third-order valence-electron chi connectivity index (χ3n) is 4.03. The Kier molecular flexibility index (Phi) is 4.89. The summed E-state index contributed by atoms with van der Waals surface area (Å²) in [7, 11) is -4.09. The van der Waals surface area contributed by atoms with Crippen LogP contribution in [0.2, 0.25) is 5.02 Å². The van der Waals surface area contributed by atoms with E-state index in [0.717, 1.165) is 15.1 Å². The lowest BCUT2D eigenvalue weighted by atomic mass is 10.1. The third-order valence-corrected chi connectivity index (χ3v) is 6.02. The van der Waals surface area contributed by atoms with Crippen molar-refractivity contribution in [3.63, 3.8) is 0 Å². The molecule has 0 aliphatic carbocycles. The maximum absolute atomic E-state index is 13.2. The number of carboxylic acids is 1. The first-order valence-corrected chi connectivity index (χ1v) is 9.60. The summed E-state index contributed by atoms with van der Waals surface area (Å²) < 4.78 is 27.3. The fraction of sp³-hybridized carbons (Fsp3) is 0.105. The average molecular weight is 390 g/mol. The van der Waals surface area contributed by atoms with Gasteiger partial charge in [-0.3, -0.25) is 9.10 Å². The second-order valence-corrected chi connectivity index (χ2v) is 8.14. The van der Waals surface area contributed by atoms with Crippen LogP contribution in [0.25, 0.3) is 10.8 Å². The molecule has 3 rings (SSSR count). The normalized spacial score (nSPS) is 11.5. The van der Waals surface area contributed by atoms with Gasteiger partial charge in [-0.15, -0.1) is 0 Å².